The second-order valence-corrected chi connectivity index (χ2v) is 6.40. The maximum absolute atomic E-state index is 6.09. The van der Waals surface area contributed by atoms with Crippen LogP contribution in [0.1, 0.15) is 0 Å². The van der Waals surface area contributed by atoms with Crippen LogP contribution in [0.2, 0.25) is 0 Å². The first-order chi connectivity index (χ1) is 11.0. The molecule has 0 saturated carbocycles. The van der Waals surface area contributed by atoms with Crippen LogP contribution in [0.3, 0.4) is 0 Å². The SMILES string of the molecule is Cn1ccc2c3c(N)nc(N)nc3cc(-c3ccc(Br)cc3)c21. The maximum Gasteiger partial charge on any atom is 0.222 e. The Labute approximate surface area is 141 Å². The van der Waals surface area contributed by atoms with Crippen molar-refractivity contribution in [1.82, 2.24) is 14.5 Å². The second kappa shape index (κ2) is 4.96. The van der Waals surface area contributed by atoms with Gasteiger partial charge >= 0.3 is 0 Å². The summed E-state index contributed by atoms with van der Waals surface area (Å²) in [6, 6.07) is 12.3. The number of anilines is 2. The van der Waals surface area contributed by atoms with E-state index in [2.05, 4.69) is 42.6 Å². The Morgan fingerprint density at radius 3 is 2.52 bits per heavy atom. The van der Waals surface area contributed by atoms with Crippen LogP contribution in [0, 0.1) is 0 Å². The molecule has 0 aliphatic carbocycles. The lowest BCUT2D eigenvalue weighted by molar-refractivity contribution is 0.970. The van der Waals surface area contributed by atoms with Crippen molar-refractivity contribution >= 4 is 49.5 Å². The fraction of sp³-hybridized carbons (Fsp3) is 0.0588. The van der Waals surface area contributed by atoms with Gasteiger partial charge < -0.3 is 16.0 Å². The molecule has 4 N–H and O–H groups in total. The molecule has 0 amide bonds. The third-order valence-electron chi connectivity index (χ3n) is 4.02. The predicted molar refractivity (Wildman–Crippen MR) is 98.0 cm³/mol. The van der Waals surface area contributed by atoms with Crippen LogP contribution >= 0.6 is 15.9 Å². The van der Waals surface area contributed by atoms with Crippen molar-refractivity contribution in [1.29, 1.82) is 0 Å². The highest BCUT2D eigenvalue weighted by atomic mass is 79.9. The molecule has 0 atom stereocenters. The standard InChI is InChI=1S/C17H14BrN5/c1-23-7-6-11-14-13(21-17(20)22-16(14)19)8-12(15(11)23)9-2-4-10(18)5-3-9/h2-8H,1H3,(H4,19,20,21,22). The van der Waals surface area contributed by atoms with Crippen LogP contribution < -0.4 is 11.5 Å². The van der Waals surface area contributed by atoms with Gasteiger partial charge in [0.2, 0.25) is 5.95 Å². The third kappa shape index (κ3) is 2.14. The smallest absolute Gasteiger partial charge is 0.222 e. The summed E-state index contributed by atoms with van der Waals surface area (Å²) in [6.45, 7) is 0. The number of nitrogen functional groups attached to an aromatic ring is 2. The molecule has 2 aromatic heterocycles. The summed E-state index contributed by atoms with van der Waals surface area (Å²) >= 11 is 3.47. The van der Waals surface area contributed by atoms with E-state index in [0.29, 0.717) is 5.82 Å². The first-order valence-electron chi connectivity index (χ1n) is 7.11. The zero-order valence-electron chi connectivity index (χ0n) is 12.4. The van der Waals surface area contributed by atoms with Crippen molar-refractivity contribution in [2.75, 3.05) is 11.5 Å². The summed E-state index contributed by atoms with van der Waals surface area (Å²) < 4.78 is 3.13. The van der Waals surface area contributed by atoms with Crippen molar-refractivity contribution < 1.29 is 0 Å². The average molecular weight is 368 g/mol. The number of rotatable bonds is 1. The molecule has 23 heavy (non-hydrogen) atoms. The lowest BCUT2D eigenvalue weighted by Crippen LogP contribution is -2.01. The highest BCUT2D eigenvalue weighted by Gasteiger charge is 2.15. The van der Waals surface area contributed by atoms with Crippen molar-refractivity contribution in [3.63, 3.8) is 0 Å². The van der Waals surface area contributed by atoms with E-state index in [9.17, 15) is 0 Å². The van der Waals surface area contributed by atoms with Crippen molar-refractivity contribution in [3.8, 4) is 11.1 Å². The molecule has 0 aliphatic heterocycles. The molecule has 2 aromatic carbocycles. The van der Waals surface area contributed by atoms with Gasteiger partial charge in [-0.05, 0) is 29.8 Å². The molecular formula is C17H14BrN5. The number of halogens is 1. The van der Waals surface area contributed by atoms with Gasteiger partial charge in [0, 0.05) is 28.7 Å². The van der Waals surface area contributed by atoms with E-state index < -0.39 is 0 Å². The summed E-state index contributed by atoms with van der Waals surface area (Å²) in [6.07, 6.45) is 2.02. The van der Waals surface area contributed by atoms with Crippen LogP contribution in [0.25, 0.3) is 32.9 Å². The summed E-state index contributed by atoms with van der Waals surface area (Å²) in [5.74, 6) is 0.595. The molecular weight excluding hydrogens is 354 g/mol. The molecule has 4 rings (SSSR count). The first-order valence-corrected chi connectivity index (χ1v) is 7.90. The number of fused-ring (bicyclic) bond motifs is 3. The Morgan fingerprint density at radius 2 is 1.78 bits per heavy atom. The van der Waals surface area contributed by atoms with Crippen LogP contribution in [0.15, 0.2) is 47.1 Å². The minimum Gasteiger partial charge on any atom is -0.383 e. The van der Waals surface area contributed by atoms with Crippen LogP contribution in [-0.2, 0) is 7.05 Å². The Morgan fingerprint density at radius 1 is 1.04 bits per heavy atom. The van der Waals surface area contributed by atoms with E-state index in [1.54, 1.807) is 0 Å². The van der Waals surface area contributed by atoms with Gasteiger partial charge in [0.15, 0.2) is 0 Å². The van der Waals surface area contributed by atoms with Crippen molar-refractivity contribution in [2.24, 2.45) is 7.05 Å². The van der Waals surface area contributed by atoms with Crippen LogP contribution in [-0.4, -0.2) is 14.5 Å². The van der Waals surface area contributed by atoms with Gasteiger partial charge in [0.1, 0.15) is 5.82 Å². The molecule has 0 fully saturated rings. The quantitative estimate of drug-likeness (QED) is 0.537. The summed E-state index contributed by atoms with van der Waals surface area (Å²) in [7, 11) is 2.02. The monoisotopic (exact) mass is 367 g/mol. The Kier molecular flexibility index (Phi) is 3.02. The molecule has 0 saturated heterocycles. The van der Waals surface area contributed by atoms with Gasteiger partial charge in [-0.15, -0.1) is 0 Å². The maximum atomic E-state index is 6.09. The Balaban J connectivity index is 2.18. The average Bonchev–Trinajstić information content (AvgIpc) is 2.89. The summed E-state index contributed by atoms with van der Waals surface area (Å²) in [4.78, 5) is 8.47. The third-order valence-corrected chi connectivity index (χ3v) is 4.54. The zero-order chi connectivity index (χ0) is 16.1. The molecule has 0 aliphatic rings. The lowest BCUT2D eigenvalue weighted by atomic mass is 10.00. The van der Waals surface area contributed by atoms with Crippen LogP contribution in [0.4, 0.5) is 11.8 Å². The predicted octanol–water partition coefficient (Wildman–Crippen LogP) is 3.72. The molecule has 6 heteroatoms. The van der Waals surface area contributed by atoms with Gasteiger partial charge in [-0.1, -0.05) is 28.1 Å². The zero-order valence-corrected chi connectivity index (χ0v) is 14.0. The Bertz CT molecular complexity index is 1050. The van der Waals surface area contributed by atoms with E-state index in [1.807, 2.05) is 37.5 Å². The highest BCUT2D eigenvalue weighted by Crippen LogP contribution is 2.37. The number of nitrogens with two attached hydrogens (primary N) is 2. The van der Waals surface area contributed by atoms with Crippen molar-refractivity contribution in [3.05, 3.63) is 47.1 Å². The van der Waals surface area contributed by atoms with E-state index >= 15 is 0 Å². The molecule has 4 aromatic rings. The van der Waals surface area contributed by atoms with Gasteiger partial charge in [-0.25, -0.2) is 4.98 Å². The number of aryl methyl sites for hydroxylation is 1. The molecule has 0 radical (unpaired) electrons. The molecule has 2 heterocycles. The summed E-state index contributed by atoms with van der Waals surface area (Å²) in [5, 5.41) is 1.87. The van der Waals surface area contributed by atoms with Crippen LogP contribution in [0.5, 0.6) is 0 Å². The van der Waals surface area contributed by atoms with Gasteiger partial charge in [-0.2, -0.15) is 4.98 Å². The van der Waals surface area contributed by atoms with E-state index in [4.69, 9.17) is 11.5 Å². The van der Waals surface area contributed by atoms with Gasteiger partial charge in [0.05, 0.1) is 16.4 Å². The normalized spacial score (nSPS) is 11.4. The van der Waals surface area contributed by atoms with Crippen molar-refractivity contribution in [2.45, 2.75) is 0 Å². The minimum atomic E-state index is 0.187. The van der Waals surface area contributed by atoms with E-state index in [1.165, 1.54) is 0 Å². The number of benzene rings is 2. The fourth-order valence-corrected chi connectivity index (χ4v) is 3.28. The second-order valence-electron chi connectivity index (χ2n) is 5.48. The first kappa shape index (κ1) is 14.0. The van der Waals surface area contributed by atoms with Gasteiger partial charge in [0.25, 0.3) is 0 Å². The molecule has 0 spiro atoms. The minimum absolute atomic E-state index is 0.187. The number of hydrogen-bond donors (Lipinski definition) is 2. The molecule has 5 nitrogen and oxygen atoms in total. The largest absolute Gasteiger partial charge is 0.383 e. The fourth-order valence-electron chi connectivity index (χ4n) is 3.02. The molecule has 0 unspecified atom stereocenters. The number of hydrogen-bond acceptors (Lipinski definition) is 4. The summed E-state index contributed by atoms with van der Waals surface area (Å²) in [5.41, 5.74) is 15.9. The van der Waals surface area contributed by atoms with E-state index in [0.717, 1.165) is 37.4 Å². The Hall–Kier alpha value is -2.60. The van der Waals surface area contributed by atoms with Gasteiger partial charge in [-0.3, -0.25) is 0 Å². The topological polar surface area (TPSA) is 82.8 Å². The van der Waals surface area contributed by atoms with E-state index in [-0.39, 0.29) is 5.95 Å². The molecule has 114 valence electrons. The lowest BCUT2D eigenvalue weighted by Gasteiger charge is -2.11. The molecule has 0 bridgehead atoms. The number of aromatic nitrogens is 3. The number of nitrogens with zero attached hydrogens (tertiary/aromatic N) is 3. The highest BCUT2D eigenvalue weighted by molar-refractivity contribution is 9.10.